The van der Waals surface area contributed by atoms with Gasteiger partial charge in [0.25, 0.3) is 0 Å². The maximum Gasteiger partial charge on any atom is 0.106 e. The second kappa shape index (κ2) is 2.98. The van der Waals surface area contributed by atoms with Crippen LogP contribution in [0.15, 0.2) is 0 Å². The zero-order chi connectivity index (χ0) is 9.41. The fraction of sp³-hybridized carbons (Fsp3) is 1.00. The minimum Gasteiger partial charge on any atom is -0.386 e. The molecule has 0 radical (unpaired) electrons. The number of nitrogens with two attached hydrogens (primary N) is 1. The van der Waals surface area contributed by atoms with E-state index in [1.165, 1.54) is 0 Å². The van der Waals surface area contributed by atoms with Gasteiger partial charge < -0.3 is 15.6 Å². The van der Waals surface area contributed by atoms with Crippen LogP contribution in [0.2, 0.25) is 0 Å². The van der Waals surface area contributed by atoms with Gasteiger partial charge in [-0.1, -0.05) is 6.92 Å². The first-order chi connectivity index (χ1) is 5.40. The smallest absolute Gasteiger partial charge is 0.106 e. The number of ether oxygens (including phenoxy) is 1. The van der Waals surface area contributed by atoms with Crippen LogP contribution in [-0.4, -0.2) is 29.0 Å². The molecular formula is C9H19NO2. The summed E-state index contributed by atoms with van der Waals surface area (Å²) in [6, 6.07) is -0.167. The third kappa shape index (κ3) is 1.79. The molecule has 0 bridgehead atoms. The average Bonchev–Trinajstić information content (AvgIpc) is 2.25. The molecule has 12 heavy (non-hydrogen) atoms. The van der Waals surface area contributed by atoms with Gasteiger partial charge in [-0.2, -0.15) is 0 Å². The quantitative estimate of drug-likeness (QED) is 0.644. The summed E-state index contributed by atoms with van der Waals surface area (Å²) in [6.45, 7) is 6.31. The predicted molar refractivity (Wildman–Crippen MR) is 47.9 cm³/mol. The molecule has 1 rings (SSSR count). The summed E-state index contributed by atoms with van der Waals surface area (Å²) in [4.78, 5) is 0. The Morgan fingerprint density at radius 2 is 2.17 bits per heavy atom. The second-order valence-electron chi connectivity index (χ2n) is 4.34. The van der Waals surface area contributed by atoms with Crippen LogP contribution in [0.5, 0.6) is 0 Å². The van der Waals surface area contributed by atoms with Crippen LogP contribution in [0.4, 0.5) is 0 Å². The van der Waals surface area contributed by atoms with Gasteiger partial charge >= 0.3 is 0 Å². The molecule has 0 spiro atoms. The molecule has 1 aliphatic rings. The lowest BCUT2D eigenvalue weighted by Crippen LogP contribution is -2.48. The molecule has 3 heteroatoms. The highest BCUT2D eigenvalue weighted by molar-refractivity contribution is 4.99. The van der Waals surface area contributed by atoms with Gasteiger partial charge in [-0.3, -0.25) is 0 Å². The van der Waals surface area contributed by atoms with E-state index in [9.17, 15) is 5.11 Å². The maximum absolute atomic E-state index is 10.0. The Balaban J connectivity index is 2.64. The highest BCUT2D eigenvalue weighted by Crippen LogP contribution is 2.34. The van der Waals surface area contributed by atoms with E-state index in [1.54, 1.807) is 0 Å². The van der Waals surface area contributed by atoms with Crippen molar-refractivity contribution in [3.63, 3.8) is 0 Å². The van der Waals surface area contributed by atoms with Crippen molar-refractivity contribution in [1.29, 1.82) is 0 Å². The molecule has 1 aliphatic heterocycles. The summed E-state index contributed by atoms with van der Waals surface area (Å²) in [5, 5.41) is 10.0. The Labute approximate surface area is 73.9 Å². The van der Waals surface area contributed by atoms with Crippen molar-refractivity contribution in [3.05, 3.63) is 0 Å². The topological polar surface area (TPSA) is 55.5 Å². The monoisotopic (exact) mass is 173 g/mol. The van der Waals surface area contributed by atoms with E-state index in [1.807, 2.05) is 20.8 Å². The van der Waals surface area contributed by atoms with Gasteiger partial charge in [-0.25, -0.2) is 0 Å². The molecule has 1 fully saturated rings. The molecule has 0 aromatic rings. The lowest BCUT2D eigenvalue weighted by Gasteiger charge is -2.28. The fourth-order valence-electron chi connectivity index (χ4n) is 1.78. The van der Waals surface area contributed by atoms with E-state index in [0.717, 1.165) is 6.42 Å². The Bertz CT molecular complexity index is 170. The summed E-state index contributed by atoms with van der Waals surface area (Å²) in [5.74, 6) is 0. The molecule has 0 aromatic heterocycles. The molecule has 0 aliphatic carbocycles. The van der Waals surface area contributed by atoms with Crippen molar-refractivity contribution < 1.29 is 9.84 Å². The standard InChI is InChI=1S/C9H19NO2/c1-4-7(10)9(11)5-8(2,3)12-6-9/h7,11H,4-6,10H2,1-3H3. The molecular weight excluding hydrogens is 154 g/mol. The molecule has 0 saturated carbocycles. The molecule has 3 N–H and O–H groups in total. The summed E-state index contributed by atoms with van der Waals surface area (Å²) in [6.07, 6.45) is 1.42. The molecule has 2 atom stereocenters. The SMILES string of the molecule is CCC(N)C1(O)COC(C)(C)C1. The van der Waals surface area contributed by atoms with Crippen molar-refractivity contribution in [1.82, 2.24) is 0 Å². The summed E-state index contributed by atoms with van der Waals surface area (Å²) in [7, 11) is 0. The highest BCUT2D eigenvalue weighted by atomic mass is 16.5. The first kappa shape index (κ1) is 9.96. The minimum atomic E-state index is -0.807. The van der Waals surface area contributed by atoms with Crippen molar-refractivity contribution >= 4 is 0 Å². The van der Waals surface area contributed by atoms with Crippen molar-refractivity contribution in [2.75, 3.05) is 6.61 Å². The van der Waals surface area contributed by atoms with Crippen molar-refractivity contribution in [2.45, 2.75) is 50.9 Å². The number of aliphatic hydroxyl groups is 1. The van der Waals surface area contributed by atoms with Crippen LogP contribution in [0, 0.1) is 0 Å². The molecule has 72 valence electrons. The van der Waals surface area contributed by atoms with E-state index in [-0.39, 0.29) is 11.6 Å². The third-order valence-electron chi connectivity index (χ3n) is 2.57. The second-order valence-corrected chi connectivity index (χ2v) is 4.34. The van der Waals surface area contributed by atoms with Gasteiger partial charge in [0, 0.05) is 12.5 Å². The van der Waals surface area contributed by atoms with Gasteiger partial charge in [0.05, 0.1) is 12.2 Å². The van der Waals surface area contributed by atoms with E-state index in [0.29, 0.717) is 13.0 Å². The van der Waals surface area contributed by atoms with E-state index < -0.39 is 5.60 Å². The van der Waals surface area contributed by atoms with Crippen LogP contribution in [-0.2, 0) is 4.74 Å². The first-order valence-electron chi connectivity index (χ1n) is 4.51. The van der Waals surface area contributed by atoms with Crippen LogP contribution in [0.3, 0.4) is 0 Å². The van der Waals surface area contributed by atoms with Gasteiger partial charge in [0.2, 0.25) is 0 Å². The highest BCUT2D eigenvalue weighted by Gasteiger charge is 2.46. The number of hydrogen-bond donors (Lipinski definition) is 2. The van der Waals surface area contributed by atoms with Crippen molar-refractivity contribution in [3.8, 4) is 0 Å². The molecule has 3 nitrogen and oxygen atoms in total. The van der Waals surface area contributed by atoms with Gasteiger partial charge in [-0.05, 0) is 20.3 Å². The molecule has 1 heterocycles. The Morgan fingerprint density at radius 1 is 1.58 bits per heavy atom. The van der Waals surface area contributed by atoms with E-state index in [4.69, 9.17) is 10.5 Å². The molecule has 0 amide bonds. The van der Waals surface area contributed by atoms with E-state index >= 15 is 0 Å². The largest absolute Gasteiger partial charge is 0.386 e. The van der Waals surface area contributed by atoms with Crippen LogP contribution >= 0.6 is 0 Å². The van der Waals surface area contributed by atoms with Crippen LogP contribution < -0.4 is 5.73 Å². The summed E-state index contributed by atoms with van der Waals surface area (Å²) in [5.41, 5.74) is 4.78. The molecule has 0 aromatic carbocycles. The number of rotatable bonds is 2. The predicted octanol–water partition coefficient (Wildman–Crippen LogP) is 0.654. The average molecular weight is 173 g/mol. The summed E-state index contributed by atoms with van der Waals surface area (Å²) >= 11 is 0. The van der Waals surface area contributed by atoms with Gasteiger partial charge in [0.15, 0.2) is 0 Å². The van der Waals surface area contributed by atoms with Crippen LogP contribution in [0.25, 0.3) is 0 Å². The zero-order valence-corrected chi connectivity index (χ0v) is 8.13. The third-order valence-corrected chi connectivity index (χ3v) is 2.57. The van der Waals surface area contributed by atoms with E-state index in [2.05, 4.69) is 0 Å². The maximum atomic E-state index is 10.0. The van der Waals surface area contributed by atoms with Crippen molar-refractivity contribution in [2.24, 2.45) is 5.73 Å². The molecule has 2 unspecified atom stereocenters. The number of hydrogen-bond acceptors (Lipinski definition) is 3. The molecule has 1 saturated heterocycles. The minimum absolute atomic E-state index is 0.167. The normalized spacial score (nSPS) is 36.8. The van der Waals surface area contributed by atoms with Gasteiger partial charge in [0.1, 0.15) is 5.60 Å². The Morgan fingerprint density at radius 3 is 2.50 bits per heavy atom. The summed E-state index contributed by atoms with van der Waals surface area (Å²) < 4.78 is 5.45. The Hall–Kier alpha value is -0.120. The van der Waals surface area contributed by atoms with Crippen LogP contribution in [0.1, 0.15) is 33.6 Å². The Kier molecular flexibility index (Phi) is 2.47. The lowest BCUT2D eigenvalue weighted by molar-refractivity contribution is -0.00812. The lowest BCUT2D eigenvalue weighted by atomic mass is 9.86. The zero-order valence-electron chi connectivity index (χ0n) is 8.13. The first-order valence-corrected chi connectivity index (χ1v) is 4.51. The fourth-order valence-corrected chi connectivity index (χ4v) is 1.78. The van der Waals surface area contributed by atoms with Gasteiger partial charge in [-0.15, -0.1) is 0 Å².